The van der Waals surface area contributed by atoms with Crippen LogP contribution in [0.4, 0.5) is 5.95 Å². The van der Waals surface area contributed by atoms with Crippen LogP contribution in [0.25, 0.3) is 0 Å². The minimum atomic E-state index is -3.81. The fourth-order valence-electron chi connectivity index (χ4n) is 2.01. The van der Waals surface area contributed by atoms with E-state index in [0.29, 0.717) is 5.95 Å². The average Bonchev–Trinajstić information content (AvgIpc) is 2.41. The van der Waals surface area contributed by atoms with Crippen molar-refractivity contribution in [3.63, 3.8) is 0 Å². The van der Waals surface area contributed by atoms with E-state index in [4.69, 9.17) is 0 Å². The summed E-state index contributed by atoms with van der Waals surface area (Å²) < 4.78 is 26.4. The SMILES string of the molecule is CNc1ncc(S(=O)(=O)N2CCNC(=O)C2(C)C)cn1. The van der Waals surface area contributed by atoms with Crippen molar-refractivity contribution in [2.45, 2.75) is 24.3 Å². The van der Waals surface area contributed by atoms with Crippen LogP contribution < -0.4 is 10.6 Å². The van der Waals surface area contributed by atoms with Crippen LogP contribution in [0.2, 0.25) is 0 Å². The maximum atomic E-state index is 12.6. The maximum Gasteiger partial charge on any atom is 0.247 e. The van der Waals surface area contributed by atoms with Gasteiger partial charge in [0.25, 0.3) is 0 Å². The molecule has 110 valence electrons. The minimum absolute atomic E-state index is 0.0284. The van der Waals surface area contributed by atoms with Gasteiger partial charge in [-0.1, -0.05) is 0 Å². The van der Waals surface area contributed by atoms with Crippen LogP contribution in [0.1, 0.15) is 13.8 Å². The van der Waals surface area contributed by atoms with E-state index in [-0.39, 0.29) is 23.9 Å². The Morgan fingerprint density at radius 2 is 1.95 bits per heavy atom. The Labute approximate surface area is 117 Å². The summed E-state index contributed by atoms with van der Waals surface area (Å²) in [5.74, 6) is 0.0136. The topological polar surface area (TPSA) is 104 Å². The van der Waals surface area contributed by atoms with Gasteiger partial charge in [0.1, 0.15) is 10.4 Å². The first-order valence-electron chi connectivity index (χ1n) is 6.11. The highest BCUT2D eigenvalue weighted by atomic mass is 32.2. The number of hydrogen-bond acceptors (Lipinski definition) is 6. The van der Waals surface area contributed by atoms with Gasteiger partial charge in [-0.3, -0.25) is 4.79 Å². The zero-order valence-corrected chi connectivity index (χ0v) is 12.4. The molecule has 9 heteroatoms. The number of amides is 1. The fraction of sp³-hybridized carbons (Fsp3) is 0.545. The smallest absolute Gasteiger partial charge is 0.247 e. The molecule has 0 atom stereocenters. The quantitative estimate of drug-likeness (QED) is 0.773. The number of nitrogens with zero attached hydrogens (tertiary/aromatic N) is 3. The van der Waals surface area contributed by atoms with Gasteiger partial charge in [-0.05, 0) is 13.8 Å². The van der Waals surface area contributed by atoms with Crippen LogP contribution in [0.15, 0.2) is 17.3 Å². The van der Waals surface area contributed by atoms with E-state index in [2.05, 4.69) is 20.6 Å². The molecule has 0 spiro atoms. The summed E-state index contributed by atoms with van der Waals surface area (Å²) in [4.78, 5) is 19.6. The van der Waals surface area contributed by atoms with Crippen LogP contribution in [0, 0.1) is 0 Å². The summed E-state index contributed by atoms with van der Waals surface area (Å²) in [6, 6.07) is 0. The van der Waals surface area contributed by atoms with Gasteiger partial charge in [-0.2, -0.15) is 4.31 Å². The van der Waals surface area contributed by atoms with Gasteiger partial charge >= 0.3 is 0 Å². The molecule has 0 saturated carbocycles. The fourth-order valence-corrected chi connectivity index (χ4v) is 3.65. The summed E-state index contributed by atoms with van der Waals surface area (Å²) in [6.45, 7) is 3.65. The second kappa shape index (κ2) is 4.98. The highest BCUT2D eigenvalue weighted by molar-refractivity contribution is 7.89. The van der Waals surface area contributed by atoms with Gasteiger partial charge in [0.2, 0.25) is 21.9 Å². The molecule has 1 amide bonds. The van der Waals surface area contributed by atoms with E-state index >= 15 is 0 Å². The molecule has 1 aromatic heterocycles. The lowest BCUT2D eigenvalue weighted by Crippen LogP contribution is -2.63. The first kappa shape index (κ1) is 14.7. The number of piperazine rings is 1. The standard InChI is InChI=1S/C11H17N5O3S/c1-11(2)9(17)13-4-5-16(11)20(18,19)8-6-14-10(12-3)15-7-8/h6-7H,4-5H2,1-3H3,(H,13,17)(H,12,14,15). The van der Waals surface area contributed by atoms with Crippen molar-refractivity contribution in [1.29, 1.82) is 0 Å². The van der Waals surface area contributed by atoms with Crippen molar-refractivity contribution in [2.24, 2.45) is 0 Å². The Hall–Kier alpha value is -1.74. The highest BCUT2D eigenvalue weighted by Crippen LogP contribution is 2.26. The van der Waals surface area contributed by atoms with Crippen molar-refractivity contribution >= 4 is 21.9 Å². The molecule has 8 nitrogen and oxygen atoms in total. The number of rotatable bonds is 3. The Morgan fingerprint density at radius 1 is 1.35 bits per heavy atom. The van der Waals surface area contributed by atoms with Crippen molar-refractivity contribution in [3.05, 3.63) is 12.4 Å². The molecule has 0 unspecified atom stereocenters. The molecule has 2 rings (SSSR count). The van der Waals surface area contributed by atoms with Gasteiger partial charge in [0.05, 0.1) is 12.4 Å². The number of carbonyl (C=O) groups is 1. The molecular formula is C11H17N5O3S. The Balaban J connectivity index is 2.40. The highest BCUT2D eigenvalue weighted by Gasteiger charge is 2.45. The van der Waals surface area contributed by atoms with Crippen molar-refractivity contribution in [1.82, 2.24) is 19.6 Å². The van der Waals surface area contributed by atoms with Crippen LogP contribution in [0.5, 0.6) is 0 Å². The second-order valence-corrected chi connectivity index (χ2v) is 6.75. The summed E-state index contributed by atoms with van der Waals surface area (Å²) >= 11 is 0. The first-order chi connectivity index (χ1) is 9.30. The number of sulfonamides is 1. The second-order valence-electron chi connectivity index (χ2n) is 4.88. The van der Waals surface area contributed by atoms with E-state index in [1.165, 1.54) is 16.7 Å². The summed E-state index contributed by atoms with van der Waals surface area (Å²) in [6.07, 6.45) is 2.47. The molecule has 20 heavy (non-hydrogen) atoms. The molecule has 0 aliphatic carbocycles. The van der Waals surface area contributed by atoms with E-state index in [1.54, 1.807) is 20.9 Å². The molecule has 1 saturated heterocycles. The number of anilines is 1. The lowest BCUT2D eigenvalue weighted by molar-refractivity contribution is -0.131. The number of nitrogens with one attached hydrogen (secondary N) is 2. The zero-order valence-electron chi connectivity index (χ0n) is 11.5. The van der Waals surface area contributed by atoms with E-state index in [9.17, 15) is 13.2 Å². The van der Waals surface area contributed by atoms with Gasteiger partial charge in [0.15, 0.2) is 0 Å². The van der Waals surface area contributed by atoms with E-state index in [0.717, 1.165) is 0 Å². The van der Waals surface area contributed by atoms with Crippen molar-refractivity contribution < 1.29 is 13.2 Å². The Bertz CT molecular complexity index is 611. The molecule has 1 fully saturated rings. The monoisotopic (exact) mass is 299 g/mol. The first-order valence-corrected chi connectivity index (χ1v) is 7.55. The van der Waals surface area contributed by atoms with Crippen LogP contribution in [0.3, 0.4) is 0 Å². The van der Waals surface area contributed by atoms with Gasteiger partial charge in [0, 0.05) is 20.1 Å². The number of hydrogen-bond donors (Lipinski definition) is 2. The Kier molecular flexibility index (Phi) is 3.65. The van der Waals surface area contributed by atoms with E-state index in [1.807, 2.05) is 0 Å². The third kappa shape index (κ3) is 2.34. The van der Waals surface area contributed by atoms with Gasteiger partial charge in [-0.25, -0.2) is 18.4 Å². The largest absolute Gasteiger partial charge is 0.357 e. The molecule has 2 heterocycles. The van der Waals surface area contributed by atoms with E-state index < -0.39 is 15.6 Å². The molecular weight excluding hydrogens is 282 g/mol. The van der Waals surface area contributed by atoms with Crippen LogP contribution in [-0.2, 0) is 14.8 Å². The summed E-state index contributed by atoms with van der Waals surface area (Å²) in [5, 5.41) is 5.37. The normalized spacial score (nSPS) is 19.4. The third-order valence-corrected chi connectivity index (χ3v) is 5.25. The number of carbonyl (C=O) groups excluding carboxylic acids is 1. The maximum absolute atomic E-state index is 12.6. The Morgan fingerprint density at radius 3 is 2.50 bits per heavy atom. The molecule has 2 N–H and O–H groups in total. The van der Waals surface area contributed by atoms with Crippen molar-refractivity contribution in [3.8, 4) is 0 Å². The van der Waals surface area contributed by atoms with Crippen LogP contribution >= 0.6 is 0 Å². The minimum Gasteiger partial charge on any atom is -0.357 e. The average molecular weight is 299 g/mol. The van der Waals surface area contributed by atoms with Gasteiger partial charge in [-0.15, -0.1) is 0 Å². The number of aromatic nitrogens is 2. The molecule has 0 bridgehead atoms. The molecule has 0 aromatic carbocycles. The van der Waals surface area contributed by atoms with Gasteiger partial charge < -0.3 is 10.6 Å². The zero-order chi connectivity index (χ0) is 15.0. The third-order valence-electron chi connectivity index (χ3n) is 3.22. The summed E-state index contributed by atoms with van der Waals surface area (Å²) in [7, 11) is -2.17. The lowest BCUT2D eigenvalue weighted by Gasteiger charge is -2.39. The van der Waals surface area contributed by atoms with Crippen LogP contribution in [-0.4, -0.2) is 54.3 Å². The molecule has 1 aliphatic rings. The summed E-state index contributed by atoms with van der Waals surface area (Å²) in [5.41, 5.74) is -1.14. The molecule has 0 radical (unpaired) electrons. The molecule has 1 aliphatic heterocycles. The predicted octanol–water partition coefficient (Wildman–Crippen LogP) is -0.583. The lowest BCUT2D eigenvalue weighted by atomic mass is 10.0. The predicted molar refractivity (Wildman–Crippen MR) is 72.6 cm³/mol. The van der Waals surface area contributed by atoms with Crippen molar-refractivity contribution in [2.75, 3.05) is 25.5 Å². The molecule has 1 aromatic rings.